The molecule has 2 N–H and O–H groups in total. The second-order valence-electron chi connectivity index (χ2n) is 5.25. The Balaban J connectivity index is 1.79. The summed E-state index contributed by atoms with van der Waals surface area (Å²) < 4.78 is 1.37. The maximum absolute atomic E-state index is 12.4. The van der Waals surface area contributed by atoms with Crippen molar-refractivity contribution in [3.8, 4) is 0 Å². The molecule has 1 amide bonds. The van der Waals surface area contributed by atoms with Crippen LogP contribution in [0.3, 0.4) is 0 Å². The van der Waals surface area contributed by atoms with E-state index >= 15 is 0 Å². The largest absolute Gasteiger partial charge is 0.324 e. The summed E-state index contributed by atoms with van der Waals surface area (Å²) in [5.74, 6) is -0.128. The molecule has 0 aliphatic rings. The zero-order valence-corrected chi connectivity index (χ0v) is 16.5. The van der Waals surface area contributed by atoms with Crippen LogP contribution in [0.2, 0.25) is 15.1 Å². The number of anilines is 1. The van der Waals surface area contributed by atoms with Gasteiger partial charge in [-0.05, 0) is 26.0 Å². The Morgan fingerprint density at radius 2 is 1.92 bits per heavy atom. The monoisotopic (exact) mass is 432 g/mol. The highest BCUT2D eigenvalue weighted by Crippen LogP contribution is 2.33. The van der Waals surface area contributed by atoms with Gasteiger partial charge in [0.2, 0.25) is 11.1 Å². The lowest BCUT2D eigenvalue weighted by Crippen LogP contribution is -2.23. The number of fused-ring (bicyclic) bond motifs is 1. The number of H-pyrrole nitrogens is 1. The highest BCUT2D eigenvalue weighted by atomic mass is 35.5. The fourth-order valence-electron chi connectivity index (χ4n) is 1.96. The van der Waals surface area contributed by atoms with Crippen LogP contribution in [-0.4, -0.2) is 36.0 Å². The molecule has 0 radical (unpaired) electrons. The van der Waals surface area contributed by atoms with Gasteiger partial charge in [0, 0.05) is 0 Å². The quantitative estimate of drug-likeness (QED) is 0.483. The number of hydrogen-bond donors (Lipinski definition) is 2. The van der Waals surface area contributed by atoms with Crippen LogP contribution >= 0.6 is 46.6 Å². The van der Waals surface area contributed by atoms with Gasteiger partial charge in [-0.2, -0.15) is 9.61 Å². The third kappa shape index (κ3) is 3.80. The lowest BCUT2D eigenvalue weighted by molar-refractivity contribution is -0.115. The Kier molecular flexibility index (Phi) is 5.42. The number of hydrogen-bond acceptors (Lipinski definition) is 6. The summed E-state index contributed by atoms with van der Waals surface area (Å²) in [5, 5.41) is 15.2. The molecule has 1 aromatic carbocycles. The first-order chi connectivity index (χ1) is 12.3. The van der Waals surface area contributed by atoms with Crippen LogP contribution < -0.4 is 10.9 Å². The van der Waals surface area contributed by atoms with Crippen LogP contribution in [0.25, 0.3) is 5.78 Å². The highest BCUT2D eigenvalue weighted by Gasteiger charge is 2.20. The van der Waals surface area contributed by atoms with Gasteiger partial charge in [-0.3, -0.25) is 14.6 Å². The minimum Gasteiger partial charge on any atom is -0.324 e. The molecular weight excluding hydrogens is 423 g/mol. The number of aromatic amines is 1. The number of rotatable bonds is 4. The van der Waals surface area contributed by atoms with E-state index in [9.17, 15) is 9.59 Å². The lowest BCUT2D eigenvalue weighted by Gasteiger charge is -2.12. The molecule has 3 rings (SSSR count). The molecular formula is C14H11Cl3N6O2S. The number of aromatic nitrogens is 5. The number of nitrogens with one attached hydrogen (secondary N) is 2. The number of nitrogens with zero attached hydrogens (tertiary/aromatic N) is 4. The Morgan fingerprint density at radius 3 is 2.65 bits per heavy atom. The van der Waals surface area contributed by atoms with E-state index in [4.69, 9.17) is 34.8 Å². The molecule has 136 valence electrons. The molecule has 0 aliphatic heterocycles. The molecule has 3 aromatic rings. The van der Waals surface area contributed by atoms with Gasteiger partial charge < -0.3 is 5.32 Å². The van der Waals surface area contributed by atoms with Crippen LogP contribution in [0, 0.1) is 6.92 Å². The number of amides is 1. The van der Waals surface area contributed by atoms with Crippen LogP contribution in [-0.2, 0) is 4.79 Å². The van der Waals surface area contributed by atoms with Gasteiger partial charge in [0.15, 0.2) is 0 Å². The van der Waals surface area contributed by atoms with Gasteiger partial charge in [-0.15, -0.1) is 10.2 Å². The summed E-state index contributed by atoms with van der Waals surface area (Å²) in [6, 6.07) is 2.93. The third-order valence-corrected chi connectivity index (χ3v) is 5.40. The summed E-state index contributed by atoms with van der Waals surface area (Å²) in [7, 11) is 0. The Labute approximate surface area is 166 Å². The van der Waals surface area contributed by atoms with Crippen LogP contribution in [0.1, 0.15) is 12.6 Å². The standard InChI is InChI=1S/C14H11Cl3N6O2S/c1-5-11(24)19-13-20-21-14(23(13)22-5)26-6(2)12(25)18-10-4-8(16)7(15)3-9(10)17/h3-4,6H,1-2H3,(H,18,25)(H,19,20,24)/t6-/m0/s1. The molecule has 0 saturated carbocycles. The Hall–Kier alpha value is -1.81. The van der Waals surface area contributed by atoms with Crippen molar-refractivity contribution in [2.75, 3.05) is 5.32 Å². The first kappa shape index (κ1) is 19.0. The molecule has 8 nitrogen and oxygen atoms in total. The van der Waals surface area contributed by atoms with Gasteiger partial charge in [-0.1, -0.05) is 46.6 Å². The molecule has 0 spiro atoms. The summed E-state index contributed by atoms with van der Waals surface area (Å²) in [6.45, 7) is 3.25. The van der Waals surface area contributed by atoms with Crippen molar-refractivity contribution in [2.24, 2.45) is 0 Å². The van der Waals surface area contributed by atoms with E-state index in [1.807, 2.05) is 0 Å². The predicted octanol–water partition coefficient (Wildman–Crippen LogP) is 3.20. The maximum Gasteiger partial charge on any atom is 0.273 e. The Bertz CT molecular complexity index is 1070. The minimum atomic E-state index is -0.554. The molecule has 12 heteroatoms. The smallest absolute Gasteiger partial charge is 0.273 e. The van der Waals surface area contributed by atoms with Crippen molar-refractivity contribution in [3.63, 3.8) is 0 Å². The first-order valence-electron chi connectivity index (χ1n) is 7.20. The van der Waals surface area contributed by atoms with Crippen molar-refractivity contribution in [1.29, 1.82) is 0 Å². The molecule has 2 aromatic heterocycles. The number of thioether (sulfide) groups is 1. The minimum absolute atomic E-state index is 0.197. The van der Waals surface area contributed by atoms with Gasteiger partial charge in [-0.25, -0.2) is 0 Å². The molecule has 1 atom stereocenters. The normalized spacial score (nSPS) is 12.3. The van der Waals surface area contributed by atoms with Crippen molar-refractivity contribution in [1.82, 2.24) is 24.8 Å². The fourth-order valence-corrected chi connectivity index (χ4v) is 3.35. The summed E-state index contributed by atoms with van der Waals surface area (Å²) >= 11 is 19.0. The second-order valence-corrected chi connectivity index (χ2v) is 7.78. The molecule has 2 heterocycles. The van der Waals surface area contributed by atoms with E-state index in [0.29, 0.717) is 15.9 Å². The molecule has 26 heavy (non-hydrogen) atoms. The number of carbonyl (C=O) groups is 1. The third-order valence-electron chi connectivity index (χ3n) is 3.34. The molecule has 0 bridgehead atoms. The van der Waals surface area contributed by atoms with E-state index in [2.05, 4.69) is 25.6 Å². The van der Waals surface area contributed by atoms with E-state index in [1.165, 1.54) is 16.6 Å². The molecule has 0 saturated heterocycles. The zero-order valence-electron chi connectivity index (χ0n) is 13.4. The van der Waals surface area contributed by atoms with E-state index in [-0.39, 0.29) is 33.0 Å². The maximum atomic E-state index is 12.4. The lowest BCUT2D eigenvalue weighted by atomic mass is 10.3. The van der Waals surface area contributed by atoms with E-state index in [1.54, 1.807) is 13.8 Å². The first-order valence-corrected chi connectivity index (χ1v) is 9.22. The van der Waals surface area contributed by atoms with E-state index in [0.717, 1.165) is 11.8 Å². The van der Waals surface area contributed by atoms with Crippen molar-refractivity contribution in [2.45, 2.75) is 24.3 Å². The summed E-state index contributed by atoms with van der Waals surface area (Å²) in [4.78, 5) is 26.6. The van der Waals surface area contributed by atoms with Crippen molar-refractivity contribution in [3.05, 3.63) is 43.2 Å². The SMILES string of the molecule is Cc1nn2c(S[C@@H](C)C(=O)Nc3cc(Cl)c(Cl)cc3Cl)nnc2[nH]c1=O. The number of benzene rings is 1. The molecule has 0 unspecified atom stereocenters. The number of aryl methyl sites for hydroxylation is 1. The predicted molar refractivity (Wildman–Crippen MR) is 102 cm³/mol. The highest BCUT2D eigenvalue weighted by molar-refractivity contribution is 8.00. The van der Waals surface area contributed by atoms with Gasteiger partial charge >= 0.3 is 0 Å². The van der Waals surface area contributed by atoms with Gasteiger partial charge in [0.25, 0.3) is 11.3 Å². The summed E-state index contributed by atoms with van der Waals surface area (Å²) in [6.07, 6.45) is 0. The van der Waals surface area contributed by atoms with Crippen LogP contribution in [0.5, 0.6) is 0 Å². The molecule has 0 fully saturated rings. The van der Waals surface area contributed by atoms with Crippen molar-refractivity contribution >= 4 is 63.9 Å². The number of carbonyl (C=O) groups excluding carboxylic acids is 1. The van der Waals surface area contributed by atoms with Gasteiger partial charge in [0.1, 0.15) is 5.69 Å². The Morgan fingerprint density at radius 1 is 1.23 bits per heavy atom. The second kappa shape index (κ2) is 7.43. The van der Waals surface area contributed by atoms with E-state index < -0.39 is 5.25 Å². The topological polar surface area (TPSA) is 105 Å². The average molecular weight is 434 g/mol. The molecule has 0 aliphatic carbocycles. The average Bonchev–Trinajstić information content (AvgIpc) is 2.94. The van der Waals surface area contributed by atoms with Gasteiger partial charge in [0.05, 0.1) is 26.0 Å². The van der Waals surface area contributed by atoms with Crippen LogP contribution in [0.15, 0.2) is 22.1 Å². The fraction of sp³-hybridized carbons (Fsp3) is 0.214. The zero-order chi connectivity index (χ0) is 19.0. The van der Waals surface area contributed by atoms with Crippen molar-refractivity contribution < 1.29 is 4.79 Å². The number of halogens is 3. The summed E-state index contributed by atoms with van der Waals surface area (Å²) in [5.41, 5.74) is 0.267. The van der Waals surface area contributed by atoms with Crippen LogP contribution in [0.4, 0.5) is 5.69 Å².